The van der Waals surface area contributed by atoms with Crippen molar-refractivity contribution >= 4 is 75.1 Å². The first kappa shape index (κ1) is 16.1. The van der Waals surface area contributed by atoms with Crippen LogP contribution in [0.2, 0.25) is 0 Å². The molecule has 0 saturated heterocycles. The molecule has 0 N–H and O–H groups in total. The quantitative estimate of drug-likeness (QED) is 0.165. The molecule has 3 aromatic heterocycles. The summed E-state index contributed by atoms with van der Waals surface area (Å²) in [7, 11) is 0. The fourth-order valence-corrected chi connectivity index (χ4v) is 8.11. The van der Waals surface area contributed by atoms with E-state index in [4.69, 9.17) is 16.4 Å². The molecule has 12 aromatic rings. The highest BCUT2D eigenvalue weighted by molar-refractivity contribution is 7.25. The van der Waals surface area contributed by atoms with Gasteiger partial charge in [-0.15, -0.1) is 11.3 Å². The smallest absolute Gasteiger partial charge is 0.0652 e. The second-order valence-corrected chi connectivity index (χ2v) is 14.0. The summed E-state index contributed by atoms with van der Waals surface area (Å²) in [6, 6.07) is -2.84. The van der Waals surface area contributed by atoms with Crippen molar-refractivity contribution in [2.24, 2.45) is 0 Å². The molecule has 0 aliphatic heterocycles. The van der Waals surface area contributed by atoms with E-state index in [0.717, 1.165) is 15.7 Å². The fourth-order valence-electron chi connectivity index (χ4n) is 7.19. The number of nitrogens with zero attached hydrogens (tertiary/aromatic N) is 2. The van der Waals surface area contributed by atoms with Crippen molar-refractivity contribution in [2.75, 3.05) is 0 Å². The lowest BCUT2D eigenvalue weighted by Crippen LogP contribution is -1.94. The molecule has 57 heavy (non-hydrogen) atoms. The van der Waals surface area contributed by atoms with Crippen LogP contribution in [0.15, 0.2) is 206 Å². The molecule has 3 heterocycles. The molecule has 0 aliphatic rings. The third-order valence-corrected chi connectivity index (χ3v) is 10.8. The van der Waals surface area contributed by atoms with Gasteiger partial charge in [-0.05, 0) is 112 Å². The van der Waals surface area contributed by atoms with E-state index in [0.29, 0.717) is 11.3 Å². The molecule has 0 radical (unpaired) electrons. The molecule has 266 valence electrons. The zero-order chi connectivity index (χ0) is 59.2. The van der Waals surface area contributed by atoms with Gasteiger partial charge in [0.05, 0.1) is 56.3 Å². The van der Waals surface area contributed by atoms with E-state index in [1.807, 2.05) is 30.3 Å². The van der Waals surface area contributed by atoms with Gasteiger partial charge in [0, 0.05) is 53.1 Å². The van der Waals surface area contributed by atoms with Gasteiger partial charge in [0.2, 0.25) is 0 Å². The van der Waals surface area contributed by atoms with Crippen LogP contribution in [0.5, 0.6) is 0 Å². The second kappa shape index (κ2) is 12.7. The summed E-state index contributed by atoms with van der Waals surface area (Å²) in [5.41, 5.74) is -2.77. The highest BCUT2D eigenvalue weighted by Gasteiger charge is 2.17. The summed E-state index contributed by atoms with van der Waals surface area (Å²) in [6.45, 7) is 0. The monoisotopic (exact) mass is 767 g/mol. The Hall–Kier alpha value is -7.20. The molecule has 2 nitrogen and oxygen atoms in total. The van der Waals surface area contributed by atoms with Gasteiger partial charge in [-0.2, -0.15) is 0 Å². The molecule has 0 amide bonds. The standard InChI is InChI=1S/C54H34N2S/c1-3-11-35(12-4-1)37-19-24-41(25-20-37)55-49-17-9-7-15-43(49)45-31-39(21-27-51(45)55)40-22-28-52-46(32-40)44-16-8-10-18-50(44)56(52)42-26-30-54-48(34-42)47-33-38(23-29-53(47)57-54)36-13-5-2-6-14-36/h1-34H/i2D,5D,6D,7D,8D,9D,10D,13D,14D,15D,16D,17D,18D,21D,22D,23D,26D,27D,28D,29D,30D,31D,32D,33D,34D. The first-order chi connectivity index (χ1) is 38.7. The fraction of sp³-hybridized carbons (Fsp3) is 0. The SMILES string of the molecule is [2H]c1c([2H])c([2H])c(-c2c([2H])c([2H])c3sc4c([2H])c([2H])c(-n5c6c([2H])c([2H])c([2H])c([2H])c6c6c([2H])c(-c7c([2H])c([2H])c8c(c7[2H])c7c([2H])c([2H])c([2H])c([2H])c7n8-c7ccc(-c8ccccc8)cc7)c([2H])c([2H])c65)c([2H])c4c3c2[2H])c([2H])c1[2H]. The van der Waals surface area contributed by atoms with Crippen molar-refractivity contribution in [1.82, 2.24) is 9.13 Å². The summed E-state index contributed by atoms with van der Waals surface area (Å²) in [6.07, 6.45) is 0. The van der Waals surface area contributed by atoms with E-state index in [-0.39, 0.29) is 47.7 Å². The van der Waals surface area contributed by atoms with Crippen LogP contribution < -0.4 is 0 Å². The topological polar surface area (TPSA) is 9.86 Å². The highest BCUT2D eigenvalue weighted by Crippen LogP contribution is 2.41. The molecular weight excluding hydrogens is 709 g/mol. The van der Waals surface area contributed by atoms with E-state index < -0.39 is 201 Å². The minimum absolute atomic E-state index is 0.164. The van der Waals surface area contributed by atoms with Crippen molar-refractivity contribution in [3.63, 3.8) is 0 Å². The van der Waals surface area contributed by atoms with E-state index in [9.17, 15) is 17.8 Å². The molecule has 0 aliphatic carbocycles. The number of thiophene rings is 1. The van der Waals surface area contributed by atoms with E-state index >= 15 is 0 Å². The van der Waals surface area contributed by atoms with E-state index in [1.165, 1.54) is 4.57 Å². The molecule has 9 aromatic carbocycles. The van der Waals surface area contributed by atoms with Gasteiger partial charge in [-0.1, -0.05) is 127 Å². The van der Waals surface area contributed by atoms with Crippen LogP contribution in [0.1, 0.15) is 34.3 Å². The van der Waals surface area contributed by atoms with Gasteiger partial charge in [0.1, 0.15) is 0 Å². The Balaban J connectivity index is 1.20. The van der Waals surface area contributed by atoms with Crippen molar-refractivity contribution < 1.29 is 34.3 Å². The average molecular weight is 768 g/mol. The molecule has 0 atom stereocenters. The maximum Gasteiger partial charge on any atom is 0.0652 e. The molecule has 0 bridgehead atoms. The largest absolute Gasteiger partial charge is 0.309 e. The predicted octanol–water partition coefficient (Wildman–Crippen LogP) is 15.2. The lowest BCUT2D eigenvalue weighted by molar-refractivity contribution is 1.18. The van der Waals surface area contributed by atoms with E-state index in [1.54, 1.807) is 24.3 Å². The van der Waals surface area contributed by atoms with Crippen LogP contribution in [-0.4, -0.2) is 9.13 Å². The summed E-state index contributed by atoms with van der Waals surface area (Å²) in [5.74, 6) is 0. The highest BCUT2D eigenvalue weighted by atomic mass is 32.1. The Bertz CT molecular complexity index is 4940. The van der Waals surface area contributed by atoms with E-state index in [2.05, 4.69) is 0 Å². The summed E-state index contributed by atoms with van der Waals surface area (Å²) >= 11 is 0.656. The minimum Gasteiger partial charge on any atom is -0.309 e. The molecule has 3 heteroatoms. The van der Waals surface area contributed by atoms with Crippen molar-refractivity contribution in [1.29, 1.82) is 0 Å². The maximum absolute atomic E-state index is 10.0. The van der Waals surface area contributed by atoms with Crippen molar-refractivity contribution in [3.05, 3.63) is 206 Å². The average Bonchev–Trinajstić information content (AvgIpc) is 3.31. The maximum atomic E-state index is 10.0. The van der Waals surface area contributed by atoms with Gasteiger partial charge in [0.15, 0.2) is 0 Å². The van der Waals surface area contributed by atoms with Crippen LogP contribution in [0.3, 0.4) is 0 Å². The zero-order valence-electron chi connectivity index (χ0n) is 54.0. The Morgan fingerprint density at radius 1 is 0.316 bits per heavy atom. The molecule has 12 rings (SSSR count). The Kier molecular flexibility index (Phi) is 3.58. The number of fused-ring (bicyclic) bond motifs is 9. The van der Waals surface area contributed by atoms with Gasteiger partial charge in [-0.3, -0.25) is 0 Å². The number of hydrogen-bond acceptors (Lipinski definition) is 1. The van der Waals surface area contributed by atoms with Gasteiger partial charge < -0.3 is 9.13 Å². The predicted molar refractivity (Wildman–Crippen MR) is 244 cm³/mol. The van der Waals surface area contributed by atoms with Crippen molar-refractivity contribution in [3.8, 4) is 44.8 Å². The Morgan fingerprint density at radius 3 is 1.47 bits per heavy atom. The second-order valence-electron chi connectivity index (χ2n) is 13.0. The number of para-hydroxylation sites is 2. The number of aromatic nitrogens is 2. The first-order valence-corrected chi connectivity index (χ1v) is 18.3. The molecule has 0 fully saturated rings. The van der Waals surface area contributed by atoms with Crippen LogP contribution >= 0.6 is 11.3 Å². The third kappa shape index (κ3) is 5.10. The normalized spacial score (nSPS) is 18.0. The zero-order valence-corrected chi connectivity index (χ0v) is 29.8. The number of rotatable bonds is 5. The number of hydrogen-bond donors (Lipinski definition) is 0. The van der Waals surface area contributed by atoms with Gasteiger partial charge in [0.25, 0.3) is 0 Å². The molecular formula is C54H34N2S. The summed E-state index contributed by atoms with van der Waals surface area (Å²) in [4.78, 5) is 0. The minimum atomic E-state index is -0.926. The van der Waals surface area contributed by atoms with Crippen LogP contribution in [-0.2, 0) is 0 Å². The molecule has 0 unspecified atom stereocenters. The van der Waals surface area contributed by atoms with Crippen LogP contribution in [0, 0.1) is 0 Å². The molecule has 0 saturated carbocycles. The van der Waals surface area contributed by atoms with Crippen LogP contribution in [0.4, 0.5) is 0 Å². The Labute approximate surface area is 368 Å². The van der Waals surface area contributed by atoms with Crippen molar-refractivity contribution in [2.45, 2.75) is 0 Å². The number of benzene rings is 9. The Morgan fingerprint density at radius 2 is 0.807 bits per heavy atom. The van der Waals surface area contributed by atoms with Crippen LogP contribution in [0.25, 0.3) is 109 Å². The first-order valence-electron chi connectivity index (χ1n) is 30.0. The van der Waals surface area contributed by atoms with Gasteiger partial charge in [-0.25, -0.2) is 0 Å². The summed E-state index contributed by atoms with van der Waals surface area (Å²) < 4.78 is 231. The third-order valence-electron chi connectivity index (χ3n) is 9.77. The molecule has 0 spiro atoms. The lowest BCUT2D eigenvalue weighted by atomic mass is 10.0. The summed E-state index contributed by atoms with van der Waals surface area (Å²) in [5, 5.41) is -2.21. The lowest BCUT2D eigenvalue weighted by Gasteiger charge is -2.10. The van der Waals surface area contributed by atoms with Gasteiger partial charge >= 0.3 is 0 Å².